The molecular formula is C9H10F3N3O2. The molecule has 1 aliphatic rings. The molecule has 0 radical (unpaired) electrons. The molecule has 8 heteroatoms. The quantitative estimate of drug-likeness (QED) is 0.743. The topological polar surface area (TPSA) is 57.0 Å². The Kier molecular flexibility index (Phi) is 3.14. The van der Waals surface area contributed by atoms with Gasteiger partial charge in [-0.25, -0.2) is 4.68 Å². The lowest BCUT2D eigenvalue weighted by Crippen LogP contribution is -2.23. The zero-order valence-corrected chi connectivity index (χ0v) is 8.78. The molecule has 1 aromatic rings. The molecule has 0 bridgehead atoms. The summed E-state index contributed by atoms with van der Waals surface area (Å²) < 4.78 is 42.8. The highest BCUT2D eigenvalue weighted by atomic mass is 19.4. The van der Waals surface area contributed by atoms with Gasteiger partial charge in [-0.05, 0) is 12.8 Å². The van der Waals surface area contributed by atoms with Crippen LogP contribution in [0.4, 0.5) is 13.2 Å². The van der Waals surface area contributed by atoms with Crippen LogP contribution >= 0.6 is 0 Å². The van der Waals surface area contributed by atoms with Gasteiger partial charge in [0.05, 0.1) is 18.8 Å². The predicted octanol–water partition coefficient (Wildman–Crippen LogP) is 1.37. The van der Waals surface area contributed by atoms with Crippen LogP contribution in [-0.2, 0) is 4.74 Å². The average Bonchev–Trinajstić information content (AvgIpc) is 2.77. The number of ether oxygens (including phenoxy) is 1. The zero-order chi connectivity index (χ0) is 12.5. The van der Waals surface area contributed by atoms with Crippen LogP contribution in [0.15, 0.2) is 6.20 Å². The molecule has 5 nitrogen and oxygen atoms in total. The highest BCUT2D eigenvalue weighted by Crippen LogP contribution is 2.22. The summed E-state index contributed by atoms with van der Waals surface area (Å²) in [4.78, 5) is 10.9. The smallest absolute Gasteiger partial charge is 0.379 e. The first-order valence-electron chi connectivity index (χ1n) is 5.09. The normalized spacial score (nSPS) is 21.5. The van der Waals surface area contributed by atoms with Crippen molar-refractivity contribution in [2.24, 2.45) is 0 Å². The van der Waals surface area contributed by atoms with Gasteiger partial charge in [0.2, 0.25) is 0 Å². The van der Waals surface area contributed by atoms with Gasteiger partial charge in [-0.2, -0.15) is 13.2 Å². The number of Topliss-reactive ketones (excluding diaryl/α,β-unsaturated/α-hetero) is 1. The maximum absolute atomic E-state index is 12.1. The van der Waals surface area contributed by atoms with E-state index in [-0.39, 0.29) is 6.04 Å². The van der Waals surface area contributed by atoms with Crippen LogP contribution in [-0.4, -0.2) is 40.2 Å². The third-order valence-corrected chi connectivity index (χ3v) is 2.51. The number of carbonyl (C=O) groups excluding carboxylic acids is 1. The minimum atomic E-state index is -4.91. The summed E-state index contributed by atoms with van der Waals surface area (Å²) in [5.41, 5.74) is -0.678. The lowest BCUT2D eigenvalue weighted by atomic mass is 10.1. The number of hydrogen-bond donors (Lipinski definition) is 0. The first kappa shape index (κ1) is 12.0. The zero-order valence-electron chi connectivity index (χ0n) is 8.78. The second-order valence-corrected chi connectivity index (χ2v) is 3.78. The molecule has 1 fully saturated rings. The molecule has 1 atom stereocenters. The number of hydrogen-bond acceptors (Lipinski definition) is 4. The molecule has 0 N–H and O–H groups in total. The van der Waals surface area contributed by atoms with Crippen molar-refractivity contribution in [3.05, 3.63) is 11.9 Å². The molecule has 0 aliphatic carbocycles. The average molecular weight is 249 g/mol. The van der Waals surface area contributed by atoms with Crippen LogP contribution in [0.1, 0.15) is 29.4 Å². The molecule has 0 aromatic carbocycles. The highest BCUT2D eigenvalue weighted by molar-refractivity contribution is 5.98. The third-order valence-electron chi connectivity index (χ3n) is 2.51. The Morgan fingerprint density at radius 3 is 2.88 bits per heavy atom. The van der Waals surface area contributed by atoms with Gasteiger partial charge in [0, 0.05) is 6.61 Å². The lowest BCUT2D eigenvalue weighted by Gasteiger charge is -2.21. The minimum Gasteiger partial charge on any atom is -0.379 e. The molecule has 2 rings (SSSR count). The number of carbonyl (C=O) groups is 1. The second-order valence-electron chi connectivity index (χ2n) is 3.78. The molecule has 1 aromatic heterocycles. The van der Waals surface area contributed by atoms with Gasteiger partial charge in [0.15, 0.2) is 5.69 Å². The predicted molar refractivity (Wildman–Crippen MR) is 49.5 cm³/mol. The van der Waals surface area contributed by atoms with Crippen LogP contribution in [0.2, 0.25) is 0 Å². The number of nitrogens with zero attached hydrogens (tertiary/aromatic N) is 3. The van der Waals surface area contributed by atoms with Crippen LogP contribution in [0.25, 0.3) is 0 Å². The van der Waals surface area contributed by atoms with Crippen LogP contribution in [0.3, 0.4) is 0 Å². The number of halogens is 3. The van der Waals surface area contributed by atoms with E-state index in [0.717, 1.165) is 19.0 Å². The molecule has 1 aliphatic heterocycles. The van der Waals surface area contributed by atoms with E-state index in [2.05, 4.69) is 10.3 Å². The first-order valence-corrected chi connectivity index (χ1v) is 5.09. The summed E-state index contributed by atoms with van der Waals surface area (Å²) in [5, 5.41) is 6.79. The van der Waals surface area contributed by atoms with Crippen LogP contribution < -0.4 is 0 Å². The van der Waals surface area contributed by atoms with Crippen molar-refractivity contribution in [2.45, 2.75) is 25.1 Å². The Balaban J connectivity index is 2.12. The Labute approximate surface area is 94.5 Å². The summed E-state index contributed by atoms with van der Waals surface area (Å²) >= 11 is 0. The molecule has 17 heavy (non-hydrogen) atoms. The molecule has 0 amide bonds. The fourth-order valence-corrected chi connectivity index (χ4v) is 1.64. The van der Waals surface area contributed by atoms with Crippen molar-refractivity contribution in [2.75, 3.05) is 13.2 Å². The monoisotopic (exact) mass is 249 g/mol. The molecule has 1 unspecified atom stereocenters. The number of rotatable bonds is 2. The van der Waals surface area contributed by atoms with E-state index in [9.17, 15) is 18.0 Å². The van der Waals surface area contributed by atoms with Crippen molar-refractivity contribution >= 4 is 5.78 Å². The maximum Gasteiger partial charge on any atom is 0.456 e. The first-order chi connectivity index (χ1) is 7.98. The Morgan fingerprint density at radius 2 is 2.29 bits per heavy atom. The second kappa shape index (κ2) is 4.44. The van der Waals surface area contributed by atoms with E-state index in [1.165, 1.54) is 4.68 Å². The Bertz CT molecular complexity index is 410. The van der Waals surface area contributed by atoms with Crippen molar-refractivity contribution < 1.29 is 22.7 Å². The van der Waals surface area contributed by atoms with E-state index >= 15 is 0 Å². The van der Waals surface area contributed by atoms with Crippen LogP contribution in [0.5, 0.6) is 0 Å². The summed E-state index contributed by atoms with van der Waals surface area (Å²) in [5.74, 6) is -1.97. The maximum atomic E-state index is 12.1. The fraction of sp³-hybridized carbons (Fsp3) is 0.667. The van der Waals surface area contributed by atoms with Crippen molar-refractivity contribution in [1.29, 1.82) is 0 Å². The third kappa shape index (κ3) is 2.63. The van der Waals surface area contributed by atoms with E-state index in [1.54, 1.807) is 0 Å². The highest BCUT2D eigenvalue weighted by Gasteiger charge is 2.41. The minimum absolute atomic E-state index is 0.147. The van der Waals surface area contributed by atoms with Gasteiger partial charge in [-0.3, -0.25) is 4.79 Å². The molecule has 0 spiro atoms. The number of alkyl halides is 3. The summed E-state index contributed by atoms with van der Waals surface area (Å²) in [6.45, 7) is 1.02. The molecule has 2 heterocycles. The largest absolute Gasteiger partial charge is 0.456 e. The number of ketones is 1. The fourth-order valence-electron chi connectivity index (χ4n) is 1.64. The molecule has 1 saturated heterocycles. The molecule has 0 saturated carbocycles. The molecule has 94 valence electrons. The Morgan fingerprint density at radius 1 is 1.53 bits per heavy atom. The van der Waals surface area contributed by atoms with Gasteiger partial charge in [-0.15, -0.1) is 5.10 Å². The summed E-state index contributed by atoms with van der Waals surface area (Å²) in [6, 6.07) is -0.147. The van der Waals surface area contributed by atoms with Crippen molar-refractivity contribution in [3.8, 4) is 0 Å². The Hall–Kier alpha value is -1.44. The van der Waals surface area contributed by atoms with Gasteiger partial charge in [0.1, 0.15) is 0 Å². The number of aromatic nitrogens is 3. The van der Waals surface area contributed by atoms with Gasteiger partial charge < -0.3 is 4.74 Å². The van der Waals surface area contributed by atoms with Gasteiger partial charge >= 0.3 is 6.18 Å². The van der Waals surface area contributed by atoms with E-state index < -0.39 is 17.7 Å². The van der Waals surface area contributed by atoms with E-state index in [0.29, 0.717) is 13.2 Å². The van der Waals surface area contributed by atoms with Gasteiger partial charge in [-0.1, -0.05) is 5.21 Å². The van der Waals surface area contributed by atoms with Crippen molar-refractivity contribution in [1.82, 2.24) is 15.0 Å². The molecular weight excluding hydrogens is 239 g/mol. The van der Waals surface area contributed by atoms with Crippen LogP contribution in [0, 0.1) is 0 Å². The van der Waals surface area contributed by atoms with Crippen molar-refractivity contribution in [3.63, 3.8) is 0 Å². The van der Waals surface area contributed by atoms with Gasteiger partial charge in [0.25, 0.3) is 5.78 Å². The SMILES string of the molecule is O=C(c1cn(C2CCCOC2)nn1)C(F)(F)F. The summed E-state index contributed by atoms with van der Waals surface area (Å²) in [6.07, 6.45) is -2.32. The summed E-state index contributed by atoms with van der Waals surface area (Å²) in [7, 11) is 0. The lowest BCUT2D eigenvalue weighted by molar-refractivity contribution is -0.0888. The standard InChI is InChI=1S/C9H10F3N3O2/c10-9(11,12)8(16)7-4-15(14-13-7)6-2-1-3-17-5-6/h4,6H,1-3,5H2. The van der Waals surface area contributed by atoms with E-state index in [4.69, 9.17) is 4.74 Å². The van der Waals surface area contributed by atoms with E-state index in [1.807, 2.05) is 0 Å².